The molecule has 1 saturated carbocycles. The average molecular weight is 476 g/mol. The number of nitrogens with two attached hydrogens (primary N) is 1. The maximum Gasteiger partial charge on any atom is 0.154 e. The highest BCUT2D eigenvalue weighted by atomic mass is 32.2. The van der Waals surface area contributed by atoms with Gasteiger partial charge in [-0.05, 0) is 36.6 Å². The van der Waals surface area contributed by atoms with Crippen molar-refractivity contribution in [3.05, 3.63) is 78.4 Å². The molecule has 3 aromatic carbocycles. The molecule has 1 heterocycles. The van der Waals surface area contributed by atoms with Crippen LogP contribution in [0.2, 0.25) is 0 Å². The molecule has 1 fully saturated rings. The molecule has 34 heavy (non-hydrogen) atoms. The van der Waals surface area contributed by atoms with Gasteiger partial charge >= 0.3 is 0 Å². The minimum absolute atomic E-state index is 0.0463. The molecular weight excluding hydrogens is 446 g/mol. The van der Waals surface area contributed by atoms with Gasteiger partial charge in [-0.25, -0.2) is 0 Å². The molecule has 0 spiro atoms. The van der Waals surface area contributed by atoms with Crippen molar-refractivity contribution in [2.75, 3.05) is 12.0 Å². The van der Waals surface area contributed by atoms with Gasteiger partial charge in [0.15, 0.2) is 5.82 Å². The largest absolute Gasteiger partial charge is 0.488 e. The second kappa shape index (κ2) is 11.2. The van der Waals surface area contributed by atoms with Crippen molar-refractivity contribution in [3.63, 3.8) is 0 Å². The van der Waals surface area contributed by atoms with Crippen molar-refractivity contribution >= 4 is 27.4 Å². The van der Waals surface area contributed by atoms with Crippen molar-refractivity contribution in [1.82, 2.24) is 10.2 Å². The number of benzene rings is 3. The molecule has 4 aromatic rings. The first-order valence-corrected chi connectivity index (χ1v) is 12.9. The van der Waals surface area contributed by atoms with E-state index < -0.39 is 10.8 Å². The Labute approximate surface area is 202 Å². The Balaban J connectivity index is 0.000000398. The van der Waals surface area contributed by atoms with E-state index in [9.17, 15) is 4.21 Å². The predicted octanol–water partition coefficient (Wildman–Crippen LogP) is 5.12. The molecule has 176 valence electrons. The Morgan fingerprint density at radius 2 is 1.65 bits per heavy atom. The fourth-order valence-corrected chi connectivity index (χ4v) is 4.49. The second-order valence-electron chi connectivity index (χ2n) is 8.30. The van der Waals surface area contributed by atoms with Crippen LogP contribution in [-0.2, 0) is 17.4 Å². The molecule has 0 radical (unpaired) electrons. The molecule has 0 saturated heterocycles. The molecule has 1 aliphatic carbocycles. The number of anilines is 1. The quantitative estimate of drug-likeness (QED) is 0.416. The number of nitrogen functional groups attached to an aromatic ring is 1. The van der Waals surface area contributed by atoms with Crippen LogP contribution in [0.15, 0.2) is 77.7 Å². The van der Waals surface area contributed by atoms with Gasteiger partial charge in [-0.2, -0.15) is 0 Å². The summed E-state index contributed by atoms with van der Waals surface area (Å²) in [6, 6.07) is 23.1. The third-order valence-corrected chi connectivity index (χ3v) is 6.74. The highest BCUT2D eigenvalue weighted by Gasteiger charge is 2.15. The normalized spacial score (nSPS) is 14.4. The molecule has 1 aromatic heterocycles. The SMILES string of the molecule is CS(=O)c1ccc(-c2nnc(N)c3ccccc23)c(OCc2ccccc2)c1.OC1CCCC1. The Hall–Kier alpha value is -3.29. The summed E-state index contributed by atoms with van der Waals surface area (Å²) in [5.41, 5.74) is 8.51. The highest BCUT2D eigenvalue weighted by Crippen LogP contribution is 2.36. The van der Waals surface area contributed by atoms with Crippen molar-refractivity contribution in [3.8, 4) is 17.0 Å². The summed E-state index contributed by atoms with van der Waals surface area (Å²) in [5, 5.41) is 18.9. The Morgan fingerprint density at radius 3 is 2.29 bits per heavy atom. The Bertz CT molecular complexity index is 1270. The van der Waals surface area contributed by atoms with Gasteiger partial charge in [0, 0.05) is 38.3 Å². The van der Waals surface area contributed by atoms with E-state index in [0.717, 1.165) is 34.7 Å². The van der Waals surface area contributed by atoms with Gasteiger partial charge in [0.2, 0.25) is 0 Å². The monoisotopic (exact) mass is 475 g/mol. The highest BCUT2D eigenvalue weighted by molar-refractivity contribution is 7.84. The molecule has 1 unspecified atom stereocenters. The van der Waals surface area contributed by atoms with E-state index in [1.54, 1.807) is 12.3 Å². The molecule has 0 bridgehead atoms. The summed E-state index contributed by atoms with van der Waals surface area (Å²) in [7, 11) is -1.12. The molecule has 1 atom stereocenters. The first-order valence-electron chi connectivity index (χ1n) is 11.4. The average Bonchev–Trinajstić information content (AvgIpc) is 3.35. The summed E-state index contributed by atoms with van der Waals surface area (Å²) >= 11 is 0. The Kier molecular flexibility index (Phi) is 7.87. The van der Waals surface area contributed by atoms with Crippen LogP contribution in [-0.4, -0.2) is 31.9 Å². The lowest BCUT2D eigenvalue weighted by atomic mass is 10.0. The smallest absolute Gasteiger partial charge is 0.154 e. The molecule has 0 aliphatic heterocycles. The van der Waals surface area contributed by atoms with E-state index in [2.05, 4.69) is 10.2 Å². The third-order valence-electron chi connectivity index (χ3n) is 5.82. The summed E-state index contributed by atoms with van der Waals surface area (Å²) in [6.45, 7) is 0.397. The minimum atomic E-state index is -1.12. The predicted molar refractivity (Wildman–Crippen MR) is 137 cm³/mol. The number of hydrogen-bond acceptors (Lipinski definition) is 6. The molecule has 7 heteroatoms. The van der Waals surface area contributed by atoms with Crippen LogP contribution >= 0.6 is 0 Å². The molecule has 3 N–H and O–H groups in total. The van der Waals surface area contributed by atoms with Crippen LogP contribution in [0.25, 0.3) is 22.0 Å². The number of aliphatic hydroxyl groups is 1. The summed E-state index contributed by atoms with van der Waals surface area (Å²) < 4.78 is 18.1. The zero-order valence-electron chi connectivity index (χ0n) is 19.2. The zero-order chi connectivity index (χ0) is 23.9. The van der Waals surface area contributed by atoms with Crippen LogP contribution in [0.3, 0.4) is 0 Å². The van der Waals surface area contributed by atoms with Gasteiger partial charge in [0.25, 0.3) is 0 Å². The number of aromatic nitrogens is 2. The lowest BCUT2D eigenvalue weighted by molar-refractivity contribution is 0.183. The van der Waals surface area contributed by atoms with E-state index in [4.69, 9.17) is 15.6 Å². The van der Waals surface area contributed by atoms with E-state index in [-0.39, 0.29) is 6.10 Å². The van der Waals surface area contributed by atoms with Crippen molar-refractivity contribution < 1.29 is 14.1 Å². The number of fused-ring (bicyclic) bond motifs is 1. The number of rotatable bonds is 5. The van der Waals surface area contributed by atoms with E-state index in [1.807, 2.05) is 66.7 Å². The van der Waals surface area contributed by atoms with Gasteiger partial charge in [-0.3, -0.25) is 4.21 Å². The van der Waals surface area contributed by atoms with Crippen LogP contribution in [0.1, 0.15) is 31.2 Å². The van der Waals surface area contributed by atoms with E-state index >= 15 is 0 Å². The number of hydrogen-bond donors (Lipinski definition) is 2. The lowest BCUT2D eigenvalue weighted by Crippen LogP contribution is -2.01. The molecule has 5 rings (SSSR count). The molecular formula is C27H29N3O3S. The van der Waals surface area contributed by atoms with Crippen molar-refractivity contribution in [2.24, 2.45) is 0 Å². The fourth-order valence-electron chi connectivity index (χ4n) is 3.96. The van der Waals surface area contributed by atoms with Crippen molar-refractivity contribution in [1.29, 1.82) is 0 Å². The summed E-state index contributed by atoms with van der Waals surface area (Å²) in [4.78, 5) is 0.694. The van der Waals surface area contributed by atoms with E-state index in [1.165, 1.54) is 12.8 Å². The fraction of sp³-hybridized carbons (Fsp3) is 0.259. The maximum absolute atomic E-state index is 12.0. The summed E-state index contributed by atoms with van der Waals surface area (Å²) in [6.07, 6.45) is 6.25. The molecule has 6 nitrogen and oxygen atoms in total. The molecule has 1 aliphatic rings. The van der Waals surface area contributed by atoms with Gasteiger partial charge < -0.3 is 15.6 Å². The third kappa shape index (κ3) is 5.79. The number of ether oxygens (including phenoxy) is 1. The second-order valence-corrected chi connectivity index (χ2v) is 9.68. The topological polar surface area (TPSA) is 98.3 Å². The van der Waals surface area contributed by atoms with Gasteiger partial charge in [-0.15, -0.1) is 10.2 Å². The zero-order valence-corrected chi connectivity index (χ0v) is 20.0. The van der Waals surface area contributed by atoms with Crippen molar-refractivity contribution in [2.45, 2.75) is 43.3 Å². The van der Waals surface area contributed by atoms with Crippen LogP contribution in [0.4, 0.5) is 5.82 Å². The van der Waals surface area contributed by atoms with Gasteiger partial charge in [0.05, 0.1) is 6.10 Å². The van der Waals surface area contributed by atoms with Crippen LogP contribution in [0.5, 0.6) is 5.75 Å². The van der Waals surface area contributed by atoms with Crippen LogP contribution in [0, 0.1) is 0 Å². The number of nitrogens with zero attached hydrogens (tertiary/aromatic N) is 2. The van der Waals surface area contributed by atoms with Gasteiger partial charge in [0.1, 0.15) is 18.1 Å². The first-order chi connectivity index (χ1) is 16.5. The summed E-state index contributed by atoms with van der Waals surface area (Å²) in [5.74, 6) is 0.998. The van der Waals surface area contributed by atoms with E-state index in [0.29, 0.717) is 28.8 Å². The maximum atomic E-state index is 12.0. The number of aliphatic hydroxyl groups excluding tert-OH is 1. The standard InChI is InChI=1S/C22H19N3O2S.C5H10O/c1-28(26)16-11-12-19(20(13-16)27-14-15-7-3-2-4-8-15)21-17-9-5-6-10-18(17)22(23)25-24-21;6-5-3-1-2-4-5/h2-13H,14H2,1H3,(H2,23,25);5-6H,1-4H2. The van der Waals surface area contributed by atoms with Crippen LogP contribution < -0.4 is 10.5 Å². The first kappa shape index (κ1) is 23.9. The Morgan fingerprint density at radius 1 is 0.971 bits per heavy atom. The minimum Gasteiger partial charge on any atom is -0.488 e. The lowest BCUT2D eigenvalue weighted by Gasteiger charge is -2.14. The van der Waals surface area contributed by atoms with Gasteiger partial charge in [-0.1, -0.05) is 67.4 Å². The molecule has 0 amide bonds.